The lowest BCUT2D eigenvalue weighted by Crippen LogP contribution is -2.14. The first-order chi connectivity index (χ1) is 13.4. The highest BCUT2D eigenvalue weighted by atomic mass is 32.2. The maximum Gasteiger partial charge on any atom is 0.322 e. The topological polar surface area (TPSA) is 102 Å². The van der Waals surface area contributed by atoms with Crippen LogP contribution in [0, 0.1) is 5.82 Å². The highest BCUT2D eigenvalue weighted by molar-refractivity contribution is 7.91. The molecule has 146 valence electrons. The molecule has 0 atom stereocenters. The van der Waals surface area contributed by atoms with Gasteiger partial charge in [0.25, 0.3) is 0 Å². The third-order valence-electron chi connectivity index (χ3n) is 3.90. The average Bonchev–Trinajstić information content (AvgIpc) is 3.11. The van der Waals surface area contributed by atoms with Crippen molar-refractivity contribution in [1.82, 2.24) is 10.2 Å². The van der Waals surface area contributed by atoms with Gasteiger partial charge in [0.15, 0.2) is 9.84 Å². The van der Waals surface area contributed by atoms with E-state index in [9.17, 15) is 17.6 Å². The van der Waals surface area contributed by atoms with E-state index in [-0.39, 0.29) is 41.2 Å². The number of carbonyl (C=O) groups excluding carboxylic acids is 1. The number of sulfone groups is 1. The molecule has 1 aromatic heterocycles. The third-order valence-corrected chi connectivity index (χ3v) is 5.72. The molecule has 1 heterocycles. The highest BCUT2D eigenvalue weighted by Crippen LogP contribution is 2.14. The Morgan fingerprint density at radius 1 is 1.04 bits per heavy atom. The van der Waals surface area contributed by atoms with Crippen LogP contribution in [0.1, 0.15) is 24.3 Å². The van der Waals surface area contributed by atoms with E-state index < -0.39 is 15.7 Å². The standard InChI is InChI=1S/C19H18FN3O4S/c20-15-10-8-14(9-11-15)13-18-22-23-19(27-18)21-17(24)7-4-12-28(25,26)16-5-2-1-3-6-16/h1-3,5-6,8-11H,4,7,12-13H2,(H,21,23,24). The molecule has 1 amide bonds. The van der Waals surface area contributed by atoms with E-state index in [1.807, 2.05) is 0 Å². The number of nitrogens with zero attached hydrogens (tertiary/aromatic N) is 2. The number of amides is 1. The molecule has 28 heavy (non-hydrogen) atoms. The summed E-state index contributed by atoms with van der Waals surface area (Å²) in [7, 11) is -3.42. The predicted molar refractivity (Wildman–Crippen MR) is 99.9 cm³/mol. The molecule has 1 N–H and O–H groups in total. The van der Waals surface area contributed by atoms with Gasteiger partial charge in [-0.25, -0.2) is 12.8 Å². The summed E-state index contributed by atoms with van der Waals surface area (Å²) in [6, 6.07) is 13.9. The molecule has 3 rings (SSSR count). The van der Waals surface area contributed by atoms with Crippen molar-refractivity contribution in [2.75, 3.05) is 11.1 Å². The normalized spacial score (nSPS) is 11.3. The number of rotatable bonds is 8. The minimum Gasteiger partial charge on any atom is -0.407 e. The van der Waals surface area contributed by atoms with E-state index in [0.29, 0.717) is 6.42 Å². The van der Waals surface area contributed by atoms with Crippen LogP contribution in [-0.2, 0) is 21.1 Å². The Balaban J connectivity index is 1.47. The fourth-order valence-electron chi connectivity index (χ4n) is 2.50. The lowest BCUT2D eigenvalue weighted by molar-refractivity contribution is -0.116. The predicted octanol–water partition coefficient (Wildman–Crippen LogP) is 2.99. The number of anilines is 1. The quantitative estimate of drug-likeness (QED) is 0.620. The average molecular weight is 403 g/mol. The van der Waals surface area contributed by atoms with Gasteiger partial charge in [-0.1, -0.05) is 35.4 Å². The number of aromatic nitrogens is 2. The number of hydrogen-bond acceptors (Lipinski definition) is 6. The van der Waals surface area contributed by atoms with Crippen molar-refractivity contribution in [3.63, 3.8) is 0 Å². The number of hydrogen-bond donors (Lipinski definition) is 1. The van der Waals surface area contributed by atoms with Gasteiger partial charge in [0.05, 0.1) is 17.1 Å². The second kappa shape index (κ2) is 8.75. The van der Waals surface area contributed by atoms with Crippen LogP contribution in [0.25, 0.3) is 0 Å². The summed E-state index contributed by atoms with van der Waals surface area (Å²) in [5.41, 5.74) is 0.786. The summed E-state index contributed by atoms with van der Waals surface area (Å²) in [4.78, 5) is 12.2. The zero-order valence-corrected chi connectivity index (χ0v) is 15.7. The van der Waals surface area contributed by atoms with Gasteiger partial charge in [-0.2, -0.15) is 0 Å². The SMILES string of the molecule is O=C(CCCS(=O)(=O)c1ccccc1)Nc1nnc(Cc2ccc(F)cc2)o1. The Kier molecular flexibility index (Phi) is 6.15. The minimum atomic E-state index is -3.42. The molecule has 0 saturated heterocycles. The summed E-state index contributed by atoms with van der Waals surface area (Å²) < 4.78 is 42.6. The second-order valence-corrected chi connectivity index (χ2v) is 8.20. The van der Waals surface area contributed by atoms with Crippen molar-refractivity contribution >= 4 is 21.8 Å². The minimum absolute atomic E-state index is 0.00173. The van der Waals surface area contributed by atoms with Gasteiger partial charge in [0.2, 0.25) is 11.8 Å². The molecule has 2 aromatic carbocycles. The maximum atomic E-state index is 12.9. The fourth-order valence-corrected chi connectivity index (χ4v) is 3.83. The number of carbonyl (C=O) groups is 1. The lowest BCUT2D eigenvalue weighted by Gasteiger charge is -2.04. The van der Waals surface area contributed by atoms with Gasteiger partial charge in [0, 0.05) is 6.42 Å². The van der Waals surface area contributed by atoms with E-state index in [0.717, 1.165) is 5.56 Å². The van der Waals surface area contributed by atoms with Crippen LogP contribution < -0.4 is 5.32 Å². The Hall–Kier alpha value is -3.07. The second-order valence-electron chi connectivity index (χ2n) is 6.09. The number of benzene rings is 2. The molecular weight excluding hydrogens is 385 g/mol. The van der Waals surface area contributed by atoms with Crippen LogP contribution in [0.2, 0.25) is 0 Å². The van der Waals surface area contributed by atoms with E-state index in [4.69, 9.17) is 4.42 Å². The van der Waals surface area contributed by atoms with Crippen molar-refractivity contribution in [3.05, 3.63) is 71.9 Å². The van der Waals surface area contributed by atoms with Crippen LogP contribution in [0.3, 0.4) is 0 Å². The van der Waals surface area contributed by atoms with Crippen LogP contribution in [0.15, 0.2) is 63.9 Å². The molecule has 0 aliphatic carbocycles. The van der Waals surface area contributed by atoms with Crippen LogP contribution in [0.4, 0.5) is 10.4 Å². The van der Waals surface area contributed by atoms with E-state index in [1.165, 1.54) is 24.3 Å². The first-order valence-corrected chi connectivity index (χ1v) is 10.2. The fraction of sp³-hybridized carbons (Fsp3) is 0.211. The Morgan fingerprint density at radius 2 is 1.75 bits per heavy atom. The molecule has 0 spiro atoms. The molecule has 9 heteroatoms. The zero-order valence-electron chi connectivity index (χ0n) is 14.8. The molecular formula is C19H18FN3O4S. The van der Waals surface area contributed by atoms with E-state index >= 15 is 0 Å². The molecule has 0 aliphatic heterocycles. The molecule has 0 bridgehead atoms. The molecule has 0 aliphatic rings. The highest BCUT2D eigenvalue weighted by Gasteiger charge is 2.15. The molecule has 0 unspecified atom stereocenters. The number of nitrogens with one attached hydrogen (secondary N) is 1. The molecule has 0 saturated carbocycles. The smallest absolute Gasteiger partial charge is 0.322 e. The van der Waals surface area contributed by atoms with Crippen molar-refractivity contribution in [3.8, 4) is 0 Å². The summed E-state index contributed by atoms with van der Waals surface area (Å²) in [5, 5.41) is 10.0. The Morgan fingerprint density at radius 3 is 2.46 bits per heavy atom. The molecule has 0 radical (unpaired) electrons. The van der Waals surface area contributed by atoms with Crippen molar-refractivity contribution in [2.24, 2.45) is 0 Å². The molecule has 3 aromatic rings. The lowest BCUT2D eigenvalue weighted by atomic mass is 10.1. The van der Waals surface area contributed by atoms with E-state index in [2.05, 4.69) is 15.5 Å². The van der Waals surface area contributed by atoms with Crippen LogP contribution in [-0.4, -0.2) is 30.3 Å². The van der Waals surface area contributed by atoms with Gasteiger partial charge in [-0.3, -0.25) is 10.1 Å². The van der Waals surface area contributed by atoms with Crippen LogP contribution >= 0.6 is 0 Å². The van der Waals surface area contributed by atoms with Gasteiger partial charge in [-0.05, 0) is 36.2 Å². The van der Waals surface area contributed by atoms with Crippen molar-refractivity contribution in [2.45, 2.75) is 24.2 Å². The molecule has 0 fully saturated rings. The summed E-state index contributed by atoms with van der Waals surface area (Å²) in [5.74, 6) is -0.616. The van der Waals surface area contributed by atoms with Gasteiger partial charge >= 0.3 is 6.01 Å². The Labute approximate surface area is 161 Å². The van der Waals surface area contributed by atoms with Crippen molar-refractivity contribution in [1.29, 1.82) is 0 Å². The largest absolute Gasteiger partial charge is 0.407 e. The van der Waals surface area contributed by atoms with Gasteiger partial charge < -0.3 is 4.42 Å². The summed E-state index contributed by atoms with van der Waals surface area (Å²) in [6.07, 6.45) is 0.472. The van der Waals surface area contributed by atoms with Crippen molar-refractivity contribution < 1.29 is 22.0 Å². The molecule has 7 nitrogen and oxygen atoms in total. The van der Waals surface area contributed by atoms with Gasteiger partial charge in [0.1, 0.15) is 5.82 Å². The van der Waals surface area contributed by atoms with Gasteiger partial charge in [-0.15, -0.1) is 5.10 Å². The summed E-state index contributed by atoms with van der Waals surface area (Å²) >= 11 is 0. The third kappa shape index (κ3) is 5.46. The first kappa shape index (κ1) is 19.7. The maximum absolute atomic E-state index is 12.9. The van der Waals surface area contributed by atoms with Crippen LogP contribution in [0.5, 0.6) is 0 Å². The first-order valence-electron chi connectivity index (χ1n) is 8.57. The number of halogens is 1. The zero-order chi connectivity index (χ0) is 20.0. The monoisotopic (exact) mass is 403 g/mol. The van der Waals surface area contributed by atoms with E-state index in [1.54, 1.807) is 30.3 Å². The Bertz CT molecular complexity index is 1030. The summed E-state index contributed by atoms with van der Waals surface area (Å²) in [6.45, 7) is 0.